The van der Waals surface area contributed by atoms with Gasteiger partial charge < -0.3 is 15.0 Å². The largest absolute Gasteiger partial charge is 0.360 e. The minimum absolute atomic E-state index is 0.0277. The molecule has 1 aliphatic carbocycles. The molecule has 132 valence electrons. The van der Waals surface area contributed by atoms with Gasteiger partial charge in [-0.2, -0.15) is 0 Å². The first kappa shape index (κ1) is 15.6. The zero-order valence-corrected chi connectivity index (χ0v) is 15.1. The first-order valence-corrected chi connectivity index (χ1v) is 9.95. The molecule has 2 bridgehead atoms. The summed E-state index contributed by atoms with van der Waals surface area (Å²) in [6.07, 6.45) is 8.48. The fourth-order valence-corrected chi connectivity index (χ4v) is 6.15. The molecule has 0 aromatic carbocycles. The van der Waals surface area contributed by atoms with Crippen LogP contribution in [0.15, 0.2) is 17.5 Å². The molecule has 4 atom stereocenters. The van der Waals surface area contributed by atoms with E-state index >= 15 is 0 Å². The van der Waals surface area contributed by atoms with Crippen molar-refractivity contribution < 1.29 is 14.3 Å². The van der Waals surface area contributed by atoms with Gasteiger partial charge in [-0.25, -0.2) is 0 Å². The van der Waals surface area contributed by atoms with E-state index in [1.54, 1.807) is 11.9 Å². The minimum Gasteiger partial charge on any atom is -0.360 e. The average Bonchev–Trinajstić information content (AvgIpc) is 3.33. The number of carbonyl (C=O) groups is 2. The quantitative estimate of drug-likeness (QED) is 0.836. The number of ether oxygens (including phenoxy) is 1. The summed E-state index contributed by atoms with van der Waals surface area (Å²) < 4.78 is 6.05. The molecule has 0 radical (unpaired) electrons. The Bertz CT molecular complexity index is 786. The summed E-state index contributed by atoms with van der Waals surface area (Å²) in [5.74, 6) is -0.804. The van der Waals surface area contributed by atoms with Gasteiger partial charge in [-0.05, 0) is 42.2 Å². The maximum absolute atomic E-state index is 12.9. The first-order chi connectivity index (χ1) is 12.1. The van der Waals surface area contributed by atoms with E-state index in [0.29, 0.717) is 13.1 Å². The van der Waals surface area contributed by atoms with Crippen molar-refractivity contribution in [3.63, 3.8) is 0 Å². The molecule has 25 heavy (non-hydrogen) atoms. The second kappa shape index (κ2) is 5.42. The molecule has 6 heteroatoms. The molecule has 0 unspecified atom stereocenters. The minimum atomic E-state index is -0.583. The fourth-order valence-electron chi connectivity index (χ4n) is 5.00. The van der Waals surface area contributed by atoms with Crippen LogP contribution in [0.3, 0.4) is 0 Å². The maximum atomic E-state index is 12.9. The molecule has 1 N–H and O–H groups in total. The number of carbonyl (C=O) groups excluding carboxylic acids is 2. The summed E-state index contributed by atoms with van der Waals surface area (Å²) in [5, 5.41) is 5.27. The van der Waals surface area contributed by atoms with Gasteiger partial charge in [0.2, 0.25) is 11.8 Å². The summed E-state index contributed by atoms with van der Waals surface area (Å²) in [7, 11) is 1.78. The summed E-state index contributed by atoms with van der Waals surface area (Å²) in [6, 6.07) is 0. The third kappa shape index (κ3) is 2.16. The van der Waals surface area contributed by atoms with Crippen LogP contribution in [0.2, 0.25) is 0 Å². The Labute approximate surface area is 151 Å². The summed E-state index contributed by atoms with van der Waals surface area (Å²) in [4.78, 5) is 28.6. The van der Waals surface area contributed by atoms with Crippen LogP contribution < -0.4 is 5.32 Å². The summed E-state index contributed by atoms with van der Waals surface area (Å²) >= 11 is 1.82. The lowest BCUT2D eigenvalue weighted by Crippen LogP contribution is -2.43. The number of likely N-dealkylation sites (N-methyl/N-ethyl adjacent to an activating group) is 1. The van der Waals surface area contributed by atoms with Crippen LogP contribution in [0.5, 0.6) is 0 Å². The number of aryl methyl sites for hydroxylation is 1. The van der Waals surface area contributed by atoms with Gasteiger partial charge in [0.05, 0.1) is 24.5 Å². The van der Waals surface area contributed by atoms with Gasteiger partial charge in [0.25, 0.3) is 0 Å². The number of fused-ring (bicyclic) bond motifs is 2. The second-order valence-corrected chi connectivity index (χ2v) is 8.65. The lowest BCUT2D eigenvalue weighted by molar-refractivity contribution is -0.136. The van der Waals surface area contributed by atoms with Crippen LogP contribution >= 0.6 is 11.3 Å². The lowest BCUT2D eigenvalue weighted by atomic mass is 9.77. The van der Waals surface area contributed by atoms with E-state index < -0.39 is 11.5 Å². The Hall–Kier alpha value is -1.66. The molecule has 1 aromatic rings. The Morgan fingerprint density at radius 2 is 2.28 bits per heavy atom. The van der Waals surface area contributed by atoms with Gasteiger partial charge in [-0.1, -0.05) is 12.2 Å². The number of thiophene rings is 1. The average molecular weight is 358 g/mol. The van der Waals surface area contributed by atoms with Crippen LogP contribution in [0.1, 0.15) is 28.8 Å². The van der Waals surface area contributed by atoms with Crippen LogP contribution in [-0.4, -0.2) is 42.0 Å². The van der Waals surface area contributed by atoms with Crippen LogP contribution in [0.25, 0.3) is 0 Å². The third-order valence-corrected chi connectivity index (χ3v) is 7.33. The summed E-state index contributed by atoms with van der Waals surface area (Å²) in [5.41, 5.74) is 2.10. The molecule has 4 heterocycles. The number of hydrogen-bond donors (Lipinski definition) is 1. The standard InChI is InChI=1S/C19H22N2O3S/c1-21-10-19-7-6-13(24-19)15(16(19)18(21)23)17(22)20-8-11-9-25-14-5-3-2-4-12(11)14/h6-7,9,13,15-16H,2-5,8,10H2,1H3,(H,20,22)/t13-,15-,16+,19-/m1/s1. The van der Waals surface area contributed by atoms with Crippen molar-refractivity contribution >= 4 is 23.2 Å². The Kier molecular flexibility index (Phi) is 3.38. The molecule has 2 saturated heterocycles. The molecule has 4 aliphatic rings. The summed E-state index contributed by atoms with van der Waals surface area (Å²) in [6.45, 7) is 1.10. The number of amides is 2. The SMILES string of the molecule is CN1C[C@@]23C=C[C@@H](O2)[C@@H](C(=O)NCc2csc4c2CCCC4)[C@H]3C1=O. The van der Waals surface area contributed by atoms with Gasteiger partial charge in [0.1, 0.15) is 5.60 Å². The molecule has 1 spiro atoms. The Morgan fingerprint density at radius 3 is 3.16 bits per heavy atom. The number of nitrogens with zero attached hydrogens (tertiary/aromatic N) is 1. The maximum Gasteiger partial charge on any atom is 0.229 e. The normalized spacial score (nSPS) is 35.2. The van der Waals surface area contributed by atoms with Gasteiger partial charge in [-0.3, -0.25) is 9.59 Å². The van der Waals surface area contributed by atoms with Crippen molar-refractivity contribution in [2.75, 3.05) is 13.6 Å². The van der Waals surface area contributed by atoms with Gasteiger partial charge >= 0.3 is 0 Å². The highest BCUT2D eigenvalue weighted by atomic mass is 32.1. The molecule has 3 aliphatic heterocycles. The van der Waals surface area contributed by atoms with Gasteiger partial charge in [0, 0.05) is 18.5 Å². The second-order valence-electron chi connectivity index (χ2n) is 7.68. The number of likely N-dealkylation sites (tertiary alicyclic amines) is 1. The lowest BCUT2D eigenvalue weighted by Gasteiger charge is -2.23. The van der Waals surface area contributed by atoms with Crippen molar-refractivity contribution in [1.82, 2.24) is 10.2 Å². The van der Waals surface area contributed by atoms with Crippen molar-refractivity contribution in [2.45, 2.75) is 43.9 Å². The molecule has 2 fully saturated rings. The number of hydrogen-bond acceptors (Lipinski definition) is 4. The van der Waals surface area contributed by atoms with E-state index in [1.807, 2.05) is 23.5 Å². The van der Waals surface area contributed by atoms with Crippen molar-refractivity contribution in [3.05, 3.63) is 33.5 Å². The van der Waals surface area contributed by atoms with E-state index in [9.17, 15) is 9.59 Å². The van der Waals surface area contributed by atoms with Crippen LogP contribution in [0.4, 0.5) is 0 Å². The van der Waals surface area contributed by atoms with E-state index in [1.165, 1.54) is 35.3 Å². The number of nitrogens with one attached hydrogen (secondary N) is 1. The van der Waals surface area contributed by atoms with E-state index in [2.05, 4.69) is 10.7 Å². The van der Waals surface area contributed by atoms with Crippen LogP contribution in [0, 0.1) is 11.8 Å². The monoisotopic (exact) mass is 358 g/mol. The van der Waals surface area contributed by atoms with E-state index in [0.717, 1.165) is 6.42 Å². The molecule has 5 rings (SSSR count). The Balaban J connectivity index is 1.33. The van der Waals surface area contributed by atoms with Gasteiger partial charge in [-0.15, -0.1) is 11.3 Å². The smallest absolute Gasteiger partial charge is 0.229 e. The zero-order valence-electron chi connectivity index (χ0n) is 14.3. The van der Waals surface area contributed by atoms with Crippen molar-refractivity contribution in [2.24, 2.45) is 11.8 Å². The molecule has 5 nitrogen and oxygen atoms in total. The first-order valence-electron chi connectivity index (χ1n) is 9.07. The van der Waals surface area contributed by atoms with E-state index in [-0.39, 0.29) is 23.8 Å². The predicted molar refractivity (Wildman–Crippen MR) is 94.2 cm³/mol. The highest BCUT2D eigenvalue weighted by Gasteiger charge is 2.66. The van der Waals surface area contributed by atoms with Gasteiger partial charge in [0.15, 0.2) is 0 Å². The predicted octanol–water partition coefficient (Wildman–Crippen LogP) is 1.65. The number of rotatable bonds is 3. The molecular formula is C19H22N2O3S. The molecule has 2 amide bonds. The molecule has 1 aromatic heterocycles. The third-order valence-electron chi connectivity index (χ3n) is 6.19. The van der Waals surface area contributed by atoms with Crippen molar-refractivity contribution in [3.8, 4) is 0 Å². The molecule has 0 saturated carbocycles. The Morgan fingerprint density at radius 1 is 1.44 bits per heavy atom. The van der Waals surface area contributed by atoms with Crippen LogP contribution in [-0.2, 0) is 33.7 Å². The van der Waals surface area contributed by atoms with Crippen molar-refractivity contribution in [1.29, 1.82) is 0 Å². The topological polar surface area (TPSA) is 58.6 Å². The van der Waals surface area contributed by atoms with E-state index in [4.69, 9.17) is 4.74 Å². The molecular weight excluding hydrogens is 336 g/mol. The highest BCUT2D eigenvalue weighted by molar-refractivity contribution is 7.10. The zero-order chi connectivity index (χ0) is 17.2. The highest BCUT2D eigenvalue weighted by Crippen LogP contribution is 2.51. The fraction of sp³-hybridized carbons (Fsp3) is 0.579.